The average molecular weight is 267 g/mol. The lowest BCUT2D eigenvalue weighted by Gasteiger charge is -2.26. The van der Waals surface area contributed by atoms with Crippen molar-refractivity contribution >= 4 is 16.6 Å². The smallest absolute Gasteiger partial charge is 0.171 e. The highest BCUT2D eigenvalue weighted by Crippen LogP contribution is 2.40. The Kier molecular flexibility index (Phi) is 2.88. The fourth-order valence-corrected chi connectivity index (χ4v) is 5.41. The molecule has 3 heterocycles. The zero-order valence-corrected chi connectivity index (χ0v) is 11.5. The minimum absolute atomic E-state index is 0.0111. The molecule has 2 fully saturated rings. The summed E-state index contributed by atoms with van der Waals surface area (Å²) in [5.74, 6) is 0.758. The van der Waals surface area contributed by atoms with Crippen LogP contribution in [0.4, 0.5) is 0 Å². The number of rotatable bonds is 2. The van der Waals surface area contributed by atoms with E-state index in [4.69, 9.17) is 4.52 Å². The van der Waals surface area contributed by atoms with Gasteiger partial charge in [-0.1, -0.05) is 5.16 Å². The van der Waals surface area contributed by atoms with Crippen molar-refractivity contribution in [1.82, 2.24) is 5.16 Å². The van der Waals surface area contributed by atoms with Gasteiger partial charge in [0.1, 0.15) is 5.76 Å². The van der Waals surface area contributed by atoms with Crippen LogP contribution in [0.5, 0.6) is 0 Å². The highest BCUT2D eigenvalue weighted by atomic mass is 32.2. The second-order valence-corrected chi connectivity index (χ2v) is 7.37. The summed E-state index contributed by atoms with van der Waals surface area (Å²) in [7, 11) is -0.705. The van der Waals surface area contributed by atoms with Crippen molar-refractivity contribution in [3.05, 3.63) is 17.0 Å². The summed E-state index contributed by atoms with van der Waals surface area (Å²) in [6, 6.07) is 0. The lowest BCUT2D eigenvalue weighted by molar-refractivity contribution is 0.0904. The van der Waals surface area contributed by atoms with Gasteiger partial charge in [-0.2, -0.15) is 0 Å². The van der Waals surface area contributed by atoms with E-state index < -0.39 is 10.8 Å². The molecule has 18 heavy (non-hydrogen) atoms. The number of ketones is 1. The molecule has 2 bridgehead atoms. The number of carbonyl (C=O) groups excluding carboxylic acids is 1. The molecule has 0 aliphatic carbocycles. The summed E-state index contributed by atoms with van der Waals surface area (Å²) in [6.45, 7) is 3.59. The van der Waals surface area contributed by atoms with E-state index >= 15 is 0 Å². The summed E-state index contributed by atoms with van der Waals surface area (Å²) in [6.07, 6.45) is 3.57. The van der Waals surface area contributed by atoms with Crippen LogP contribution in [0.15, 0.2) is 4.52 Å². The van der Waals surface area contributed by atoms with E-state index in [2.05, 4.69) is 5.16 Å². The third-order valence-corrected chi connectivity index (χ3v) is 6.38. The quantitative estimate of drug-likeness (QED) is 0.770. The van der Waals surface area contributed by atoms with Gasteiger partial charge in [-0.25, -0.2) is 0 Å². The molecule has 0 amide bonds. The van der Waals surface area contributed by atoms with Gasteiger partial charge in [0.15, 0.2) is 5.78 Å². The van der Waals surface area contributed by atoms with Crippen molar-refractivity contribution in [3.63, 3.8) is 0 Å². The van der Waals surface area contributed by atoms with Crippen molar-refractivity contribution in [1.29, 1.82) is 0 Å². The summed E-state index contributed by atoms with van der Waals surface area (Å²) in [5, 5.41) is 4.31. The largest absolute Gasteiger partial charge is 0.361 e. The van der Waals surface area contributed by atoms with Gasteiger partial charge in [0.05, 0.1) is 11.3 Å². The van der Waals surface area contributed by atoms with E-state index in [1.165, 1.54) is 0 Å². The molecule has 1 aromatic heterocycles. The Hall–Kier alpha value is -0.970. The molecule has 0 saturated carbocycles. The van der Waals surface area contributed by atoms with Crippen molar-refractivity contribution in [2.45, 2.75) is 50.0 Å². The lowest BCUT2D eigenvalue weighted by atomic mass is 9.89. The first-order chi connectivity index (χ1) is 8.58. The fraction of sp³-hybridized carbons (Fsp3) is 0.692. The molecule has 2 unspecified atom stereocenters. The standard InChI is InChI=1S/C13H17NO3S/c1-7-12(8(2)17-14-7)13(15)9-5-10-3-4-11(6-9)18(10)16/h9-11H,3-6H2,1-2H3. The number of Topliss-reactive ketones (excluding diaryl/α,β-unsaturated/α-hetero) is 1. The summed E-state index contributed by atoms with van der Waals surface area (Å²) >= 11 is 0. The number of carbonyl (C=O) groups is 1. The maximum atomic E-state index is 12.5. The monoisotopic (exact) mass is 267 g/mol. The van der Waals surface area contributed by atoms with Crippen molar-refractivity contribution in [3.8, 4) is 0 Å². The molecule has 4 nitrogen and oxygen atoms in total. The molecule has 0 radical (unpaired) electrons. The van der Waals surface area contributed by atoms with E-state index in [9.17, 15) is 9.00 Å². The Morgan fingerprint density at radius 1 is 1.28 bits per heavy atom. The van der Waals surface area contributed by atoms with Crippen LogP contribution in [0, 0.1) is 19.8 Å². The van der Waals surface area contributed by atoms with Gasteiger partial charge in [0.2, 0.25) is 0 Å². The SMILES string of the molecule is Cc1noc(C)c1C(=O)C1CC2CCC(C1)S2=O. The maximum absolute atomic E-state index is 12.5. The van der Waals surface area contributed by atoms with Crippen molar-refractivity contribution in [2.24, 2.45) is 5.92 Å². The predicted molar refractivity (Wildman–Crippen MR) is 68.0 cm³/mol. The third kappa shape index (κ3) is 1.76. The second-order valence-electron chi connectivity index (χ2n) is 5.38. The van der Waals surface area contributed by atoms with Gasteiger partial charge in [-0.15, -0.1) is 0 Å². The van der Waals surface area contributed by atoms with Gasteiger partial charge >= 0.3 is 0 Å². The van der Waals surface area contributed by atoms with Crippen LogP contribution in [0.2, 0.25) is 0 Å². The normalized spacial score (nSPS) is 34.8. The Morgan fingerprint density at radius 3 is 2.39 bits per heavy atom. The Labute approximate surface area is 109 Å². The van der Waals surface area contributed by atoms with Gasteiger partial charge in [-0.3, -0.25) is 9.00 Å². The molecular formula is C13H17NO3S. The highest BCUT2D eigenvalue weighted by Gasteiger charge is 2.43. The zero-order chi connectivity index (χ0) is 12.9. The molecule has 2 atom stereocenters. The molecule has 0 spiro atoms. The molecule has 2 aliphatic heterocycles. The molecule has 2 saturated heterocycles. The van der Waals surface area contributed by atoms with Crippen LogP contribution in [-0.4, -0.2) is 25.6 Å². The van der Waals surface area contributed by atoms with Gasteiger partial charge in [0, 0.05) is 27.2 Å². The van der Waals surface area contributed by atoms with Gasteiger partial charge in [0.25, 0.3) is 0 Å². The average Bonchev–Trinajstić information content (AvgIpc) is 2.76. The number of aromatic nitrogens is 1. The third-order valence-electron chi connectivity index (χ3n) is 4.21. The van der Waals surface area contributed by atoms with Crippen LogP contribution >= 0.6 is 0 Å². The number of hydrogen-bond acceptors (Lipinski definition) is 4. The van der Waals surface area contributed by atoms with E-state index in [-0.39, 0.29) is 22.2 Å². The predicted octanol–water partition coefficient (Wildman–Crippen LogP) is 2.16. The van der Waals surface area contributed by atoms with Gasteiger partial charge < -0.3 is 4.52 Å². The Morgan fingerprint density at radius 2 is 1.89 bits per heavy atom. The van der Waals surface area contributed by atoms with Crippen molar-refractivity contribution < 1.29 is 13.5 Å². The molecule has 98 valence electrons. The summed E-state index contributed by atoms with van der Waals surface area (Å²) in [5.41, 5.74) is 1.32. The van der Waals surface area contributed by atoms with Crippen LogP contribution in [0.1, 0.15) is 47.5 Å². The number of fused-ring (bicyclic) bond motifs is 2. The minimum atomic E-state index is -0.705. The maximum Gasteiger partial charge on any atom is 0.171 e. The molecule has 1 aromatic rings. The topological polar surface area (TPSA) is 60.2 Å². The summed E-state index contributed by atoms with van der Waals surface area (Å²) in [4.78, 5) is 12.5. The van der Waals surface area contributed by atoms with Crippen LogP contribution in [0.3, 0.4) is 0 Å². The molecule has 5 heteroatoms. The van der Waals surface area contributed by atoms with Crippen molar-refractivity contribution in [2.75, 3.05) is 0 Å². The number of nitrogens with zero attached hydrogens (tertiary/aromatic N) is 1. The van der Waals surface area contributed by atoms with Gasteiger partial charge in [-0.05, 0) is 39.5 Å². The second kappa shape index (κ2) is 4.30. The van der Waals surface area contributed by atoms with Crippen LogP contribution in [-0.2, 0) is 10.8 Å². The Balaban J connectivity index is 1.85. The van der Waals surface area contributed by atoms with E-state index in [1.54, 1.807) is 13.8 Å². The molecule has 0 N–H and O–H groups in total. The number of aryl methyl sites for hydroxylation is 2. The minimum Gasteiger partial charge on any atom is -0.361 e. The zero-order valence-electron chi connectivity index (χ0n) is 10.6. The highest BCUT2D eigenvalue weighted by molar-refractivity contribution is 7.86. The van der Waals surface area contributed by atoms with Crippen LogP contribution in [0.25, 0.3) is 0 Å². The fourth-order valence-electron chi connectivity index (χ4n) is 3.29. The van der Waals surface area contributed by atoms with E-state index in [1.807, 2.05) is 0 Å². The first kappa shape index (κ1) is 12.1. The molecule has 2 aliphatic rings. The van der Waals surface area contributed by atoms with Crippen LogP contribution < -0.4 is 0 Å². The first-order valence-electron chi connectivity index (χ1n) is 6.44. The van der Waals surface area contributed by atoms with E-state index in [0.29, 0.717) is 17.0 Å². The Bertz CT molecular complexity index is 487. The lowest BCUT2D eigenvalue weighted by Crippen LogP contribution is -2.32. The molecular weight excluding hydrogens is 250 g/mol. The first-order valence-corrected chi connectivity index (χ1v) is 7.72. The summed E-state index contributed by atoms with van der Waals surface area (Å²) < 4.78 is 17.0. The molecule has 0 aromatic carbocycles. The van der Waals surface area contributed by atoms with E-state index in [0.717, 1.165) is 25.7 Å². The molecule has 3 rings (SSSR count). The number of hydrogen-bond donors (Lipinski definition) is 0.